The summed E-state index contributed by atoms with van der Waals surface area (Å²) < 4.78 is 5.14. The van der Waals surface area contributed by atoms with Gasteiger partial charge in [-0.3, -0.25) is 15.0 Å². The quantitative estimate of drug-likeness (QED) is 0.593. The summed E-state index contributed by atoms with van der Waals surface area (Å²) in [6, 6.07) is 10.1. The number of H-pyrrole nitrogens is 3. The van der Waals surface area contributed by atoms with E-state index in [4.69, 9.17) is 4.74 Å². The molecule has 0 aliphatic carbocycles. The van der Waals surface area contributed by atoms with E-state index in [9.17, 15) is 9.59 Å². The number of aromatic amines is 3. The van der Waals surface area contributed by atoms with Gasteiger partial charge in [-0.2, -0.15) is 0 Å². The molecule has 0 aliphatic heterocycles. The maximum Gasteiger partial charge on any atom is 0.340 e. The third-order valence-electron chi connectivity index (χ3n) is 4.80. The first kappa shape index (κ1) is 19.5. The van der Waals surface area contributed by atoms with Crippen LogP contribution in [0.25, 0.3) is 11.6 Å². The maximum atomic E-state index is 12.4. The van der Waals surface area contributed by atoms with Gasteiger partial charge in [0.05, 0.1) is 22.7 Å². The van der Waals surface area contributed by atoms with Crippen LogP contribution in [-0.2, 0) is 11.2 Å². The van der Waals surface area contributed by atoms with E-state index in [0.717, 1.165) is 34.3 Å². The summed E-state index contributed by atoms with van der Waals surface area (Å²) in [4.78, 5) is 27.8. The van der Waals surface area contributed by atoms with E-state index in [1.54, 1.807) is 13.0 Å². The molecule has 2 heterocycles. The fourth-order valence-corrected chi connectivity index (χ4v) is 3.40. The molecule has 146 valence electrons. The number of esters is 1. The van der Waals surface area contributed by atoms with Crippen LogP contribution in [0.15, 0.2) is 35.1 Å². The van der Waals surface area contributed by atoms with Gasteiger partial charge in [0, 0.05) is 11.4 Å². The fraction of sp³-hybridized carbons (Fsp3) is 0.273. The van der Waals surface area contributed by atoms with E-state index in [1.807, 2.05) is 39.0 Å². The number of aryl methyl sites for hydroxylation is 1. The largest absolute Gasteiger partial charge is 0.462 e. The van der Waals surface area contributed by atoms with Crippen LogP contribution < -0.4 is 16.1 Å². The zero-order valence-electron chi connectivity index (χ0n) is 16.6. The lowest BCUT2D eigenvalue weighted by atomic mass is 10.1. The minimum atomic E-state index is -0.358. The number of aromatic nitrogens is 3. The van der Waals surface area contributed by atoms with Gasteiger partial charge in [0.1, 0.15) is 0 Å². The van der Waals surface area contributed by atoms with Crippen LogP contribution in [-0.4, -0.2) is 27.8 Å². The summed E-state index contributed by atoms with van der Waals surface area (Å²) in [5, 5.41) is 6.95. The lowest BCUT2D eigenvalue weighted by Crippen LogP contribution is -2.35. The van der Waals surface area contributed by atoms with Gasteiger partial charge in [-0.25, -0.2) is 4.79 Å². The molecule has 0 spiro atoms. The average Bonchev–Trinajstić information content (AvgIpc) is 3.16. The van der Waals surface area contributed by atoms with Gasteiger partial charge in [0.25, 0.3) is 5.56 Å². The highest BCUT2D eigenvalue weighted by atomic mass is 16.5. The first-order chi connectivity index (χ1) is 13.4. The zero-order chi connectivity index (χ0) is 20.3. The Morgan fingerprint density at radius 3 is 2.54 bits per heavy atom. The van der Waals surface area contributed by atoms with Crippen molar-refractivity contribution in [2.45, 2.75) is 34.1 Å². The van der Waals surface area contributed by atoms with E-state index in [-0.39, 0.29) is 11.5 Å². The Morgan fingerprint density at radius 1 is 1.14 bits per heavy atom. The maximum absolute atomic E-state index is 12.4. The number of nitrogens with one attached hydrogen (secondary N) is 3. The van der Waals surface area contributed by atoms with Crippen LogP contribution in [0.1, 0.15) is 46.7 Å². The SMILES string of the molecule is CCOC(=O)c1c(C)[nH]c(C=c2c(=O)[nH][nH]c2=C(C)Cc2ccccc2)c1C. The molecule has 0 radical (unpaired) electrons. The van der Waals surface area contributed by atoms with Crippen molar-refractivity contribution in [2.24, 2.45) is 0 Å². The Labute approximate surface area is 162 Å². The number of carbonyl (C=O) groups excluding carboxylic acids is 1. The predicted octanol–water partition coefficient (Wildman–Crippen LogP) is 2.07. The monoisotopic (exact) mass is 379 g/mol. The summed E-state index contributed by atoms with van der Waals surface area (Å²) >= 11 is 0. The molecule has 0 amide bonds. The number of ether oxygens (including phenoxy) is 1. The van der Waals surface area contributed by atoms with Crippen LogP contribution in [0.5, 0.6) is 0 Å². The van der Waals surface area contributed by atoms with Crippen molar-refractivity contribution >= 4 is 17.6 Å². The molecule has 3 rings (SSSR count). The smallest absolute Gasteiger partial charge is 0.340 e. The Bertz CT molecular complexity index is 1160. The lowest BCUT2D eigenvalue weighted by molar-refractivity contribution is 0.0525. The van der Waals surface area contributed by atoms with Gasteiger partial charge in [-0.1, -0.05) is 30.3 Å². The fourth-order valence-electron chi connectivity index (χ4n) is 3.40. The molecule has 0 unspecified atom stereocenters. The molecule has 0 saturated carbocycles. The van der Waals surface area contributed by atoms with Gasteiger partial charge in [0.15, 0.2) is 0 Å². The molecule has 0 fully saturated rings. The number of hydrogen-bond acceptors (Lipinski definition) is 3. The molecule has 28 heavy (non-hydrogen) atoms. The lowest BCUT2D eigenvalue weighted by Gasteiger charge is -2.02. The summed E-state index contributed by atoms with van der Waals surface area (Å²) in [5.41, 5.74) is 4.74. The van der Waals surface area contributed by atoms with E-state index in [2.05, 4.69) is 27.3 Å². The van der Waals surface area contributed by atoms with E-state index in [1.165, 1.54) is 5.56 Å². The van der Waals surface area contributed by atoms with Crippen molar-refractivity contribution in [3.8, 4) is 0 Å². The summed E-state index contributed by atoms with van der Waals surface area (Å²) in [7, 11) is 0. The molecule has 3 aromatic rings. The second kappa shape index (κ2) is 8.17. The molecule has 2 aromatic heterocycles. The Balaban J connectivity index is 2.11. The molecule has 0 aliphatic rings. The van der Waals surface area contributed by atoms with Crippen molar-refractivity contribution in [3.05, 3.63) is 79.3 Å². The molecule has 3 N–H and O–H groups in total. The van der Waals surface area contributed by atoms with Crippen molar-refractivity contribution < 1.29 is 9.53 Å². The molecule has 0 saturated heterocycles. The topological polar surface area (TPSA) is 90.7 Å². The number of benzene rings is 1. The van der Waals surface area contributed by atoms with Crippen LogP contribution in [0.3, 0.4) is 0 Å². The van der Waals surface area contributed by atoms with Gasteiger partial charge in [-0.05, 0) is 56.9 Å². The molecular formula is C22H25N3O3. The normalized spacial score (nSPS) is 12.9. The van der Waals surface area contributed by atoms with Crippen LogP contribution in [0, 0.1) is 13.8 Å². The molecule has 6 nitrogen and oxygen atoms in total. The Morgan fingerprint density at radius 2 is 1.86 bits per heavy atom. The first-order valence-corrected chi connectivity index (χ1v) is 9.30. The molecular weight excluding hydrogens is 354 g/mol. The molecule has 0 bridgehead atoms. The highest BCUT2D eigenvalue weighted by molar-refractivity contribution is 5.93. The predicted molar refractivity (Wildman–Crippen MR) is 110 cm³/mol. The van der Waals surface area contributed by atoms with Gasteiger partial charge in [0.2, 0.25) is 0 Å². The Kier molecular flexibility index (Phi) is 5.68. The molecule has 6 heteroatoms. The highest BCUT2D eigenvalue weighted by Crippen LogP contribution is 2.19. The van der Waals surface area contributed by atoms with Gasteiger partial charge < -0.3 is 9.72 Å². The van der Waals surface area contributed by atoms with Crippen molar-refractivity contribution in [2.75, 3.05) is 6.61 Å². The number of carbonyl (C=O) groups is 1. The average molecular weight is 379 g/mol. The van der Waals surface area contributed by atoms with Crippen molar-refractivity contribution in [1.82, 2.24) is 15.2 Å². The second-order valence-electron chi connectivity index (χ2n) is 6.84. The summed E-state index contributed by atoms with van der Waals surface area (Å²) in [6.45, 7) is 7.77. The third kappa shape index (κ3) is 3.86. The van der Waals surface area contributed by atoms with Gasteiger partial charge in [-0.15, -0.1) is 0 Å². The van der Waals surface area contributed by atoms with E-state index >= 15 is 0 Å². The van der Waals surface area contributed by atoms with Crippen molar-refractivity contribution in [3.63, 3.8) is 0 Å². The van der Waals surface area contributed by atoms with Crippen molar-refractivity contribution in [1.29, 1.82) is 0 Å². The van der Waals surface area contributed by atoms with Crippen LogP contribution >= 0.6 is 0 Å². The van der Waals surface area contributed by atoms with Gasteiger partial charge >= 0.3 is 5.97 Å². The van der Waals surface area contributed by atoms with E-state index in [0.29, 0.717) is 17.4 Å². The standard InChI is InChI=1S/C22H25N3O3/c1-5-28-22(27)19-14(3)18(23-15(19)4)12-17-20(24-25-21(17)26)13(2)11-16-9-7-6-8-10-16/h6-10,12,23-24H,5,11H2,1-4H3,(H,25,26). The first-order valence-electron chi connectivity index (χ1n) is 9.30. The Hall–Kier alpha value is -3.28. The highest BCUT2D eigenvalue weighted by Gasteiger charge is 2.18. The minimum Gasteiger partial charge on any atom is -0.462 e. The number of rotatable bonds is 5. The summed E-state index contributed by atoms with van der Waals surface area (Å²) in [6.07, 6.45) is 2.51. The third-order valence-corrected chi connectivity index (χ3v) is 4.80. The van der Waals surface area contributed by atoms with Crippen LogP contribution in [0.2, 0.25) is 0 Å². The molecule has 1 aromatic carbocycles. The van der Waals surface area contributed by atoms with E-state index < -0.39 is 0 Å². The molecule has 0 atom stereocenters. The summed E-state index contributed by atoms with van der Waals surface area (Å²) in [5.74, 6) is -0.358. The second-order valence-corrected chi connectivity index (χ2v) is 6.84. The minimum absolute atomic E-state index is 0.202. The van der Waals surface area contributed by atoms with Crippen LogP contribution in [0.4, 0.5) is 0 Å². The number of hydrogen-bond donors (Lipinski definition) is 3. The zero-order valence-corrected chi connectivity index (χ0v) is 16.6.